The molecule has 0 aromatic heterocycles. The maximum absolute atomic E-state index is 2.39. The predicted octanol–water partition coefficient (Wildman–Crippen LogP) is 5.67. The Hall–Kier alpha value is 0. The molecule has 0 spiro atoms. The van der Waals surface area contributed by atoms with Gasteiger partial charge in [0.05, 0.1) is 0 Å². The first-order valence-electron chi connectivity index (χ1n) is 6.63. The summed E-state index contributed by atoms with van der Waals surface area (Å²) in [5.41, 5.74) is 1.01. The fraction of sp³-hybridized carbons (Fsp3) is 1.00. The average molecular weight is 212 g/mol. The second-order valence-electron chi connectivity index (χ2n) is 7.43. The lowest BCUT2D eigenvalue weighted by Gasteiger charge is -2.27. The van der Waals surface area contributed by atoms with E-state index in [2.05, 4.69) is 48.5 Å². The number of hydrogen-bond donors (Lipinski definition) is 0. The molecule has 0 saturated heterocycles. The molecule has 0 nitrogen and oxygen atoms in total. The Morgan fingerprint density at radius 1 is 0.800 bits per heavy atom. The zero-order valence-electron chi connectivity index (χ0n) is 12.1. The van der Waals surface area contributed by atoms with Gasteiger partial charge in [0.15, 0.2) is 0 Å². The highest BCUT2D eigenvalue weighted by Gasteiger charge is 2.19. The van der Waals surface area contributed by atoms with Crippen LogP contribution in [0.1, 0.15) is 80.6 Å². The molecule has 0 aliphatic heterocycles. The highest BCUT2D eigenvalue weighted by molar-refractivity contribution is 4.70. The van der Waals surface area contributed by atoms with Crippen LogP contribution < -0.4 is 0 Å². The Morgan fingerprint density at radius 3 is 1.73 bits per heavy atom. The molecule has 0 fully saturated rings. The van der Waals surface area contributed by atoms with E-state index in [1.807, 2.05) is 0 Å². The average Bonchev–Trinajstić information content (AvgIpc) is 1.99. The van der Waals surface area contributed by atoms with Crippen molar-refractivity contribution in [2.24, 2.45) is 16.7 Å². The Kier molecular flexibility index (Phi) is 5.92. The van der Waals surface area contributed by atoms with Gasteiger partial charge < -0.3 is 0 Å². The molecule has 0 heterocycles. The summed E-state index contributed by atoms with van der Waals surface area (Å²) in [6.45, 7) is 16.5. The summed E-state index contributed by atoms with van der Waals surface area (Å²) in [5.74, 6) is 0.854. The van der Waals surface area contributed by atoms with Crippen LogP contribution in [0.15, 0.2) is 0 Å². The lowest BCUT2D eigenvalue weighted by atomic mass is 9.79. The molecular formula is C15H32. The van der Waals surface area contributed by atoms with Gasteiger partial charge in [-0.2, -0.15) is 0 Å². The molecule has 0 aromatic carbocycles. The number of rotatable bonds is 5. The van der Waals surface area contributed by atoms with Crippen molar-refractivity contribution in [1.82, 2.24) is 0 Å². The highest BCUT2D eigenvalue weighted by atomic mass is 14.2. The van der Waals surface area contributed by atoms with Crippen molar-refractivity contribution >= 4 is 0 Å². The molecule has 92 valence electrons. The molecule has 0 aliphatic carbocycles. The predicted molar refractivity (Wildman–Crippen MR) is 71.2 cm³/mol. The van der Waals surface area contributed by atoms with E-state index in [4.69, 9.17) is 0 Å². The first-order chi connectivity index (χ1) is 6.63. The fourth-order valence-electron chi connectivity index (χ4n) is 1.72. The Morgan fingerprint density at radius 2 is 1.33 bits per heavy atom. The topological polar surface area (TPSA) is 0 Å². The Bertz CT molecular complexity index is 154. The molecule has 0 aromatic rings. The second-order valence-corrected chi connectivity index (χ2v) is 7.43. The Balaban J connectivity index is 3.48. The van der Waals surface area contributed by atoms with Crippen LogP contribution in [-0.2, 0) is 0 Å². The molecule has 0 radical (unpaired) electrons. The largest absolute Gasteiger partial charge is 0.0620 e. The minimum absolute atomic E-state index is 0.490. The standard InChI is InChI=1S/C15H32/c1-13(15(5,6)7)11-9-8-10-12-14(2,3)4/h13H,8-12H2,1-7H3/t13-/m0/s1. The monoisotopic (exact) mass is 212 g/mol. The van der Waals surface area contributed by atoms with E-state index in [1.54, 1.807) is 0 Å². The van der Waals surface area contributed by atoms with Crippen LogP contribution in [0, 0.1) is 16.7 Å². The molecule has 0 rings (SSSR count). The van der Waals surface area contributed by atoms with Crippen molar-refractivity contribution in [3.05, 3.63) is 0 Å². The van der Waals surface area contributed by atoms with Gasteiger partial charge in [-0.15, -0.1) is 0 Å². The van der Waals surface area contributed by atoms with E-state index < -0.39 is 0 Å². The van der Waals surface area contributed by atoms with Gasteiger partial charge >= 0.3 is 0 Å². The molecule has 15 heavy (non-hydrogen) atoms. The van der Waals surface area contributed by atoms with E-state index in [-0.39, 0.29) is 0 Å². The fourth-order valence-corrected chi connectivity index (χ4v) is 1.72. The summed E-state index contributed by atoms with van der Waals surface area (Å²) >= 11 is 0. The lowest BCUT2D eigenvalue weighted by molar-refractivity contribution is 0.238. The smallest absolute Gasteiger partial charge is 0.0357 e. The van der Waals surface area contributed by atoms with Gasteiger partial charge in [-0.05, 0) is 23.2 Å². The van der Waals surface area contributed by atoms with Gasteiger partial charge in [-0.1, -0.05) is 74.1 Å². The minimum Gasteiger partial charge on any atom is -0.0620 e. The first kappa shape index (κ1) is 15.0. The maximum atomic E-state index is 2.39. The van der Waals surface area contributed by atoms with Crippen LogP contribution in [0.4, 0.5) is 0 Å². The van der Waals surface area contributed by atoms with Gasteiger partial charge in [-0.25, -0.2) is 0 Å². The second kappa shape index (κ2) is 5.92. The molecule has 0 unspecified atom stereocenters. The molecule has 0 aliphatic rings. The quantitative estimate of drug-likeness (QED) is 0.515. The van der Waals surface area contributed by atoms with Gasteiger partial charge in [0, 0.05) is 0 Å². The van der Waals surface area contributed by atoms with Crippen LogP contribution in [0.25, 0.3) is 0 Å². The van der Waals surface area contributed by atoms with Crippen molar-refractivity contribution in [2.75, 3.05) is 0 Å². The van der Waals surface area contributed by atoms with Crippen LogP contribution in [0.3, 0.4) is 0 Å². The maximum Gasteiger partial charge on any atom is -0.0357 e. The zero-order valence-corrected chi connectivity index (χ0v) is 12.1. The van der Waals surface area contributed by atoms with Gasteiger partial charge in [0.1, 0.15) is 0 Å². The lowest BCUT2D eigenvalue weighted by Crippen LogP contribution is -2.17. The van der Waals surface area contributed by atoms with Crippen LogP contribution in [0.5, 0.6) is 0 Å². The van der Waals surface area contributed by atoms with E-state index >= 15 is 0 Å². The van der Waals surface area contributed by atoms with Crippen molar-refractivity contribution in [3.8, 4) is 0 Å². The van der Waals surface area contributed by atoms with Crippen molar-refractivity contribution in [3.63, 3.8) is 0 Å². The summed E-state index contributed by atoms with van der Waals surface area (Å²) in [7, 11) is 0. The molecule has 0 amide bonds. The third-order valence-corrected chi connectivity index (χ3v) is 3.54. The third-order valence-electron chi connectivity index (χ3n) is 3.54. The van der Waals surface area contributed by atoms with Crippen LogP contribution in [-0.4, -0.2) is 0 Å². The minimum atomic E-state index is 0.490. The molecule has 1 atom stereocenters. The summed E-state index contributed by atoms with van der Waals surface area (Å²) in [5, 5.41) is 0. The van der Waals surface area contributed by atoms with Crippen molar-refractivity contribution in [1.29, 1.82) is 0 Å². The van der Waals surface area contributed by atoms with E-state index in [9.17, 15) is 0 Å². The van der Waals surface area contributed by atoms with Crippen LogP contribution in [0.2, 0.25) is 0 Å². The molecule has 0 bridgehead atoms. The zero-order chi connectivity index (χ0) is 12.1. The first-order valence-corrected chi connectivity index (χ1v) is 6.63. The Labute approximate surface area is 97.8 Å². The third kappa shape index (κ3) is 8.96. The van der Waals surface area contributed by atoms with Crippen LogP contribution >= 0.6 is 0 Å². The SMILES string of the molecule is C[C@@H](CCCCCC(C)(C)C)C(C)(C)C. The molecule has 0 saturated carbocycles. The summed E-state index contributed by atoms with van der Waals surface area (Å²) in [4.78, 5) is 0. The summed E-state index contributed by atoms with van der Waals surface area (Å²) in [6.07, 6.45) is 7.00. The van der Waals surface area contributed by atoms with Crippen molar-refractivity contribution in [2.45, 2.75) is 80.6 Å². The van der Waals surface area contributed by atoms with Gasteiger partial charge in [0.2, 0.25) is 0 Å². The van der Waals surface area contributed by atoms with Gasteiger partial charge in [0.25, 0.3) is 0 Å². The van der Waals surface area contributed by atoms with Crippen molar-refractivity contribution < 1.29 is 0 Å². The molecule has 0 heteroatoms. The van der Waals surface area contributed by atoms with Gasteiger partial charge in [-0.3, -0.25) is 0 Å². The number of unbranched alkanes of at least 4 members (excludes halogenated alkanes) is 2. The summed E-state index contributed by atoms with van der Waals surface area (Å²) < 4.78 is 0. The highest BCUT2D eigenvalue weighted by Crippen LogP contribution is 2.30. The van der Waals surface area contributed by atoms with E-state index in [0.29, 0.717) is 10.8 Å². The number of hydrogen-bond acceptors (Lipinski definition) is 0. The van der Waals surface area contributed by atoms with E-state index in [0.717, 1.165) is 5.92 Å². The van der Waals surface area contributed by atoms with E-state index in [1.165, 1.54) is 32.1 Å². The normalized spacial score (nSPS) is 15.4. The summed E-state index contributed by atoms with van der Waals surface area (Å²) in [6, 6.07) is 0. The molecule has 0 N–H and O–H groups in total. The molecular weight excluding hydrogens is 180 g/mol.